The van der Waals surface area contributed by atoms with Crippen molar-refractivity contribution < 1.29 is 9.63 Å². The summed E-state index contributed by atoms with van der Waals surface area (Å²) in [4.78, 5) is 33.3. The van der Waals surface area contributed by atoms with E-state index in [0.717, 1.165) is 85.2 Å². The number of amides is 1. The molecule has 45 heavy (non-hydrogen) atoms. The van der Waals surface area contributed by atoms with Gasteiger partial charge in [-0.2, -0.15) is 9.97 Å². The molecule has 2 aliphatic carbocycles. The number of hydroxylamine groups is 2. The number of aromatic nitrogens is 4. The van der Waals surface area contributed by atoms with Crippen LogP contribution in [0.2, 0.25) is 0 Å². The number of carbonyl (C=O) groups is 1. The molecule has 0 radical (unpaired) electrons. The maximum atomic E-state index is 12.9. The highest BCUT2D eigenvalue weighted by molar-refractivity contribution is 5.91. The number of hydrogen-bond acceptors (Lipinski definition) is 9. The summed E-state index contributed by atoms with van der Waals surface area (Å²) < 4.78 is 2.25. The summed E-state index contributed by atoms with van der Waals surface area (Å²) in [6.45, 7) is 1.23. The topological polar surface area (TPSA) is 135 Å². The van der Waals surface area contributed by atoms with Gasteiger partial charge >= 0.3 is 6.09 Å². The fraction of sp³-hybridized carbons (Fsp3) is 0.471. The van der Waals surface area contributed by atoms with E-state index in [1.54, 1.807) is 5.06 Å². The Bertz CT molecular complexity index is 1590. The molecule has 0 atom stereocenters. The predicted molar refractivity (Wildman–Crippen MR) is 177 cm³/mol. The molecule has 5 N–H and O–H groups in total. The van der Waals surface area contributed by atoms with Gasteiger partial charge in [-0.05, 0) is 63.0 Å². The van der Waals surface area contributed by atoms with Crippen molar-refractivity contribution in [3.8, 4) is 11.1 Å². The molecule has 3 fully saturated rings. The molecule has 7 rings (SSSR count). The molecule has 0 bridgehead atoms. The van der Waals surface area contributed by atoms with Gasteiger partial charge in [0.2, 0.25) is 5.95 Å². The number of rotatable bonds is 8. The Kier molecular flexibility index (Phi) is 8.79. The molecule has 1 amide bonds. The molecule has 236 valence electrons. The molecular formula is C34H43N9O2. The lowest BCUT2D eigenvalue weighted by Gasteiger charge is -2.31. The number of imidazole rings is 1. The summed E-state index contributed by atoms with van der Waals surface area (Å²) in [5.74, 6) is 1.42. The van der Waals surface area contributed by atoms with Crippen molar-refractivity contribution in [3.05, 3.63) is 60.9 Å². The van der Waals surface area contributed by atoms with Crippen LogP contribution in [0.5, 0.6) is 0 Å². The van der Waals surface area contributed by atoms with Crippen molar-refractivity contribution in [2.45, 2.75) is 88.4 Å². The molecule has 3 aliphatic rings. The van der Waals surface area contributed by atoms with Gasteiger partial charge in [0.15, 0.2) is 17.0 Å². The second-order valence-electron chi connectivity index (χ2n) is 12.7. The lowest BCUT2D eigenvalue weighted by molar-refractivity contribution is -0.106. The summed E-state index contributed by atoms with van der Waals surface area (Å²) in [5, 5.41) is 12.0. The third-order valence-electron chi connectivity index (χ3n) is 9.50. The first-order valence-corrected chi connectivity index (χ1v) is 16.5. The average molecular weight is 610 g/mol. The molecule has 11 nitrogen and oxygen atoms in total. The van der Waals surface area contributed by atoms with Gasteiger partial charge in [0.25, 0.3) is 0 Å². The van der Waals surface area contributed by atoms with Crippen LogP contribution in [0, 0.1) is 0 Å². The van der Waals surface area contributed by atoms with Crippen molar-refractivity contribution in [2.24, 2.45) is 5.73 Å². The van der Waals surface area contributed by atoms with Gasteiger partial charge in [0.05, 0.1) is 12.0 Å². The number of nitrogens with one attached hydrogen (secondary N) is 3. The summed E-state index contributed by atoms with van der Waals surface area (Å²) in [6.07, 6.45) is 11.9. The number of para-hydroxylation sites is 1. The average Bonchev–Trinajstić information content (AvgIpc) is 3.74. The standard InChI is InChI=1S/C34H43N9O2/c35-24-14-16-25(17-15-24)38-33-40-31(30-32(41-33)43(22-36-30)27-10-4-5-11-27)37-26-18-20-42(21-19-26)45-34(44)39-29-13-7-6-12-28(29)23-8-2-1-3-9-23/h1-3,6-9,12-13,22,24-27H,4-5,10-11,14-21,35H2,(H,39,44)(H2,37,38,40,41). The first-order valence-electron chi connectivity index (χ1n) is 16.5. The van der Waals surface area contributed by atoms with Gasteiger partial charge in [0, 0.05) is 42.8 Å². The number of hydrogen-bond donors (Lipinski definition) is 4. The van der Waals surface area contributed by atoms with E-state index in [1.807, 2.05) is 60.9 Å². The summed E-state index contributed by atoms with van der Waals surface area (Å²) in [5.41, 5.74) is 10.6. The van der Waals surface area contributed by atoms with E-state index in [1.165, 1.54) is 12.8 Å². The Morgan fingerprint density at radius 2 is 1.53 bits per heavy atom. The fourth-order valence-corrected chi connectivity index (χ4v) is 6.97. The molecule has 3 heterocycles. The minimum absolute atomic E-state index is 0.168. The highest BCUT2D eigenvalue weighted by atomic mass is 16.7. The number of anilines is 3. The number of fused-ring (bicyclic) bond motifs is 1. The van der Waals surface area contributed by atoms with Crippen molar-refractivity contribution in [3.63, 3.8) is 0 Å². The fourth-order valence-electron chi connectivity index (χ4n) is 6.97. The van der Waals surface area contributed by atoms with E-state index in [-0.39, 0.29) is 6.04 Å². The smallest absolute Gasteiger partial charge is 0.365 e. The molecule has 1 saturated heterocycles. The third-order valence-corrected chi connectivity index (χ3v) is 9.50. The van der Waals surface area contributed by atoms with Crippen LogP contribution in [0.25, 0.3) is 22.3 Å². The van der Waals surface area contributed by atoms with Crippen LogP contribution < -0.4 is 21.7 Å². The molecule has 1 aliphatic heterocycles. The van der Waals surface area contributed by atoms with E-state index < -0.39 is 6.09 Å². The Morgan fingerprint density at radius 3 is 2.31 bits per heavy atom. The number of benzene rings is 2. The van der Waals surface area contributed by atoms with E-state index >= 15 is 0 Å². The van der Waals surface area contributed by atoms with Gasteiger partial charge in [-0.1, -0.05) is 61.4 Å². The van der Waals surface area contributed by atoms with Gasteiger partial charge in [0.1, 0.15) is 0 Å². The molecule has 2 aromatic heterocycles. The van der Waals surface area contributed by atoms with Crippen LogP contribution in [0.4, 0.5) is 22.2 Å². The first-order chi connectivity index (χ1) is 22.1. The van der Waals surface area contributed by atoms with Crippen molar-refractivity contribution in [1.82, 2.24) is 24.6 Å². The third kappa shape index (κ3) is 6.89. The Hall–Kier alpha value is -4.22. The van der Waals surface area contributed by atoms with Crippen LogP contribution >= 0.6 is 0 Å². The highest BCUT2D eigenvalue weighted by Crippen LogP contribution is 2.34. The van der Waals surface area contributed by atoms with E-state index in [9.17, 15) is 4.79 Å². The quantitative estimate of drug-likeness (QED) is 0.181. The highest BCUT2D eigenvalue weighted by Gasteiger charge is 2.27. The summed E-state index contributed by atoms with van der Waals surface area (Å²) in [7, 11) is 0. The van der Waals surface area contributed by atoms with E-state index in [0.29, 0.717) is 37.2 Å². The lowest BCUT2D eigenvalue weighted by Crippen LogP contribution is -2.41. The Morgan fingerprint density at radius 1 is 0.822 bits per heavy atom. The van der Waals surface area contributed by atoms with E-state index in [2.05, 4.69) is 20.5 Å². The second-order valence-corrected chi connectivity index (χ2v) is 12.7. The van der Waals surface area contributed by atoms with Crippen LogP contribution in [0.3, 0.4) is 0 Å². The number of nitrogens with two attached hydrogens (primary N) is 1. The minimum Gasteiger partial charge on any atom is -0.365 e. The molecule has 2 aromatic carbocycles. The number of carbonyl (C=O) groups excluding carboxylic acids is 1. The van der Waals surface area contributed by atoms with Crippen molar-refractivity contribution in [2.75, 3.05) is 29.0 Å². The second kappa shape index (κ2) is 13.4. The normalized spacial score (nSPS) is 21.5. The van der Waals surface area contributed by atoms with Gasteiger partial charge in [-0.25, -0.2) is 9.78 Å². The monoisotopic (exact) mass is 609 g/mol. The maximum absolute atomic E-state index is 12.9. The molecule has 11 heteroatoms. The molecule has 0 unspecified atom stereocenters. The van der Waals surface area contributed by atoms with Crippen LogP contribution in [-0.2, 0) is 4.84 Å². The summed E-state index contributed by atoms with van der Waals surface area (Å²) >= 11 is 0. The zero-order valence-electron chi connectivity index (χ0n) is 25.7. The molecule has 2 saturated carbocycles. The first kappa shape index (κ1) is 29.5. The van der Waals surface area contributed by atoms with Crippen molar-refractivity contribution in [1.29, 1.82) is 0 Å². The molecule has 0 spiro atoms. The maximum Gasteiger partial charge on any atom is 0.430 e. The van der Waals surface area contributed by atoms with Gasteiger partial charge < -0.3 is 25.8 Å². The Balaban J connectivity index is 1.00. The van der Waals surface area contributed by atoms with Gasteiger partial charge in [-0.3, -0.25) is 5.32 Å². The minimum atomic E-state index is -0.487. The van der Waals surface area contributed by atoms with Crippen LogP contribution in [0.15, 0.2) is 60.9 Å². The van der Waals surface area contributed by atoms with Crippen LogP contribution in [0.1, 0.15) is 70.3 Å². The molecule has 4 aromatic rings. The zero-order valence-corrected chi connectivity index (χ0v) is 25.7. The van der Waals surface area contributed by atoms with Crippen molar-refractivity contribution >= 4 is 34.7 Å². The molecular weight excluding hydrogens is 566 g/mol. The van der Waals surface area contributed by atoms with Gasteiger partial charge in [-0.15, -0.1) is 5.06 Å². The predicted octanol–water partition coefficient (Wildman–Crippen LogP) is 6.33. The largest absolute Gasteiger partial charge is 0.430 e. The SMILES string of the molecule is NC1CCC(Nc2nc(NC3CCN(OC(=O)Nc4ccccc4-c4ccccc4)CC3)c3ncn(C4CCCC4)c3n2)CC1. The lowest BCUT2D eigenvalue weighted by atomic mass is 9.92. The summed E-state index contributed by atoms with van der Waals surface area (Å²) in [6, 6.07) is 19.0. The van der Waals surface area contributed by atoms with Crippen LogP contribution in [-0.4, -0.2) is 61.9 Å². The zero-order chi connectivity index (χ0) is 30.6. The Labute approximate surface area is 263 Å². The number of nitrogens with zero attached hydrogens (tertiary/aromatic N) is 5. The van der Waals surface area contributed by atoms with E-state index in [4.69, 9.17) is 25.5 Å². The number of piperidine rings is 1.